The molecular weight excluding hydrogens is 424 g/mol. The molecule has 170 valence electrons. The van der Waals surface area contributed by atoms with Crippen LogP contribution in [0.3, 0.4) is 0 Å². The van der Waals surface area contributed by atoms with Crippen LogP contribution < -0.4 is 21.5 Å². The first-order valence-corrected chi connectivity index (χ1v) is 10.9. The molecule has 6 heteroatoms. The zero-order chi connectivity index (χ0) is 24.2. The van der Waals surface area contributed by atoms with E-state index in [0.717, 1.165) is 16.8 Å². The zero-order valence-corrected chi connectivity index (χ0v) is 19.1. The maximum atomic E-state index is 14.0. The Bertz CT molecular complexity index is 1310. The number of nitrogens with two attached hydrogens (primary N) is 2. The fraction of sp³-hybridized carbons (Fsp3) is 0.0714. The Hall–Kier alpha value is -4.58. The van der Waals surface area contributed by atoms with Gasteiger partial charge in [0.1, 0.15) is 0 Å². The molecule has 0 aliphatic carbocycles. The predicted octanol–water partition coefficient (Wildman–Crippen LogP) is 5.38. The number of hydrogen-bond donors (Lipinski definition) is 2. The van der Waals surface area contributed by atoms with Crippen molar-refractivity contribution in [1.29, 1.82) is 0 Å². The third-order valence-corrected chi connectivity index (χ3v) is 5.57. The average molecular weight is 451 g/mol. The molecule has 34 heavy (non-hydrogen) atoms. The van der Waals surface area contributed by atoms with Crippen LogP contribution in [-0.2, 0) is 0 Å². The minimum Gasteiger partial charge on any atom is -0.399 e. The second-order valence-corrected chi connectivity index (χ2v) is 8.08. The van der Waals surface area contributed by atoms with E-state index in [4.69, 9.17) is 11.5 Å². The Morgan fingerprint density at radius 2 is 1.24 bits per heavy atom. The van der Waals surface area contributed by atoms with E-state index in [9.17, 15) is 9.59 Å². The molecule has 4 rings (SSSR count). The molecule has 0 saturated carbocycles. The van der Waals surface area contributed by atoms with Crippen molar-refractivity contribution in [1.82, 2.24) is 0 Å². The number of aryl methyl sites for hydroxylation is 2. The normalized spacial score (nSPS) is 10.5. The SMILES string of the molecule is Cc1ccc(N(C(=O)c2ccc(N)cc2)N(c2ccc(C(N)=O)cc2)c2ccccc2C)cc1. The Labute approximate surface area is 199 Å². The summed E-state index contributed by atoms with van der Waals surface area (Å²) >= 11 is 0. The highest BCUT2D eigenvalue weighted by atomic mass is 16.2. The summed E-state index contributed by atoms with van der Waals surface area (Å²) in [6.45, 7) is 3.98. The van der Waals surface area contributed by atoms with Gasteiger partial charge in [-0.2, -0.15) is 0 Å². The molecule has 0 saturated heterocycles. The molecule has 0 unspecified atom stereocenters. The van der Waals surface area contributed by atoms with Crippen LogP contribution in [0.4, 0.5) is 22.7 Å². The number of primary amides is 1. The van der Waals surface area contributed by atoms with Crippen molar-refractivity contribution in [2.75, 3.05) is 15.8 Å². The molecule has 0 fully saturated rings. The number of para-hydroxylation sites is 1. The van der Waals surface area contributed by atoms with Gasteiger partial charge in [-0.1, -0.05) is 35.9 Å². The summed E-state index contributed by atoms with van der Waals surface area (Å²) in [7, 11) is 0. The minimum absolute atomic E-state index is 0.230. The van der Waals surface area contributed by atoms with Crippen LogP contribution in [0.1, 0.15) is 31.8 Å². The highest BCUT2D eigenvalue weighted by molar-refractivity contribution is 6.09. The van der Waals surface area contributed by atoms with Gasteiger partial charge in [0.15, 0.2) is 0 Å². The fourth-order valence-electron chi connectivity index (χ4n) is 3.69. The topological polar surface area (TPSA) is 92.7 Å². The first kappa shape index (κ1) is 22.6. The van der Waals surface area contributed by atoms with Crippen LogP contribution >= 0.6 is 0 Å². The minimum atomic E-state index is -0.512. The molecule has 4 N–H and O–H groups in total. The second kappa shape index (κ2) is 9.50. The first-order chi connectivity index (χ1) is 16.3. The highest BCUT2D eigenvalue weighted by Crippen LogP contribution is 2.34. The number of carbonyl (C=O) groups is 2. The Kier molecular flexibility index (Phi) is 6.32. The van der Waals surface area contributed by atoms with Gasteiger partial charge in [0.05, 0.1) is 17.1 Å². The van der Waals surface area contributed by atoms with Gasteiger partial charge in [0, 0.05) is 16.8 Å². The molecule has 4 aromatic carbocycles. The van der Waals surface area contributed by atoms with Crippen LogP contribution in [0.2, 0.25) is 0 Å². The van der Waals surface area contributed by atoms with Gasteiger partial charge in [-0.25, -0.2) is 10.0 Å². The third-order valence-electron chi connectivity index (χ3n) is 5.57. The number of rotatable bonds is 6. The standard InChI is InChI=1S/C28H26N4O2/c1-19-7-15-25(16-8-19)32(28(34)22-9-13-23(29)14-10-22)31(26-6-4-3-5-20(26)2)24-17-11-21(12-18-24)27(30)33/h3-18H,29H2,1-2H3,(H2,30,33). The lowest BCUT2D eigenvalue weighted by atomic mass is 10.1. The molecule has 0 radical (unpaired) electrons. The van der Waals surface area contributed by atoms with E-state index in [1.165, 1.54) is 0 Å². The number of amides is 2. The molecule has 0 bridgehead atoms. The smallest absolute Gasteiger partial charge is 0.277 e. The number of nitrogens with zero attached hydrogens (tertiary/aromatic N) is 2. The van der Waals surface area contributed by atoms with E-state index in [1.807, 2.05) is 67.4 Å². The Morgan fingerprint density at radius 1 is 0.676 bits per heavy atom. The van der Waals surface area contributed by atoms with Gasteiger partial charge in [0.25, 0.3) is 5.91 Å². The maximum Gasteiger partial charge on any atom is 0.277 e. The summed E-state index contributed by atoms with van der Waals surface area (Å²) in [4.78, 5) is 25.6. The summed E-state index contributed by atoms with van der Waals surface area (Å²) in [6.07, 6.45) is 0. The summed E-state index contributed by atoms with van der Waals surface area (Å²) < 4.78 is 0. The van der Waals surface area contributed by atoms with Gasteiger partial charge in [0.2, 0.25) is 5.91 Å². The van der Waals surface area contributed by atoms with E-state index in [0.29, 0.717) is 28.2 Å². The summed E-state index contributed by atoms with van der Waals surface area (Å²) in [6, 6.07) is 29.3. The van der Waals surface area contributed by atoms with Crippen molar-refractivity contribution in [2.24, 2.45) is 5.73 Å². The van der Waals surface area contributed by atoms with Gasteiger partial charge < -0.3 is 11.5 Å². The number of nitrogen functional groups attached to an aromatic ring is 1. The van der Waals surface area contributed by atoms with Crippen molar-refractivity contribution in [2.45, 2.75) is 13.8 Å². The summed E-state index contributed by atoms with van der Waals surface area (Å²) in [5.41, 5.74) is 17.0. The van der Waals surface area contributed by atoms with Crippen molar-refractivity contribution in [3.8, 4) is 0 Å². The largest absolute Gasteiger partial charge is 0.399 e. The van der Waals surface area contributed by atoms with Crippen LogP contribution in [-0.4, -0.2) is 11.8 Å². The van der Waals surface area contributed by atoms with Crippen LogP contribution in [0.5, 0.6) is 0 Å². The number of benzene rings is 4. The van der Waals surface area contributed by atoms with E-state index >= 15 is 0 Å². The highest BCUT2D eigenvalue weighted by Gasteiger charge is 2.28. The fourth-order valence-corrected chi connectivity index (χ4v) is 3.69. The molecule has 0 spiro atoms. The molecule has 0 aromatic heterocycles. The van der Waals surface area contributed by atoms with Gasteiger partial charge in [-0.3, -0.25) is 9.59 Å². The average Bonchev–Trinajstić information content (AvgIpc) is 2.84. The number of hydrogen-bond acceptors (Lipinski definition) is 4. The maximum absolute atomic E-state index is 14.0. The van der Waals surface area contributed by atoms with Gasteiger partial charge >= 0.3 is 0 Å². The summed E-state index contributed by atoms with van der Waals surface area (Å²) in [5.74, 6) is -0.742. The number of anilines is 4. The molecule has 0 atom stereocenters. The van der Waals surface area contributed by atoms with E-state index < -0.39 is 5.91 Å². The Balaban J connectivity index is 1.94. The molecular formula is C28H26N4O2. The lowest BCUT2D eigenvalue weighted by molar-refractivity contribution is 0.0982. The molecule has 0 aliphatic heterocycles. The van der Waals surface area contributed by atoms with Crippen molar-refractivity contribution in [3.63, 3.8) is 0 Å². The van der Waals surface area contributed by atoms with Crippen molar-refractivity contribution in [3.05, 3.63) is 119 Å². The van der Waals surface area contributed by atoms with Crippen LogP contribution in [0.15, 0.2) is 97.1 Å². The van der Waals surface area contributed by atoms with Crippen molar-refractivity contribution >= 4 is 34.6 Å². The molecule has 0 aliphatic rings. The van der Waals surface area contributed by atoms with E-state index in [2.05, 4.69) is 0 Å². The predicted molar refractivity (Wildman–Crippen MR) is 137 cm³/mol. The zero-order valence-electron chi connectivity index (χ0n) is 19.1. The second-order valence-electron chi connectivity index (χ2n) is 8.08. The number of carbonyl (C=O) groups excluding carboxylic acids is 2. The molecule has 0 heterocycles. The lowest BCUT2D eigenvalue weighted by Gasteiger charge is -2.37. The van der Waals surface area contributed by atoms with Gasteiger partial charge in [-0.15, -0.1) is 0 Å². The summed E-state index contributed by atoms with van der Waals surface area (Å²) in [5, 5.41) is 3.48. The van der Waals surface area contributed by atoms with Crippen molar-refractivity contribution < 1.29 is 9.59 Å². The molecule has 6 nitrogen and oxygen atoms in total. The monoisotopic (exact) mass is 450 g/mol. The van der Waals surface area contributed by atoms with Crippen LogP contribution in [0.25, 0.3) is 0 Å². The first-order valence-electron chi connectivity index (χ1n) is 10.9. The van der Waals surface area contributed by atoms with E-state index in [-0.39, 0.29) is 5.91 Å². The van der Waals surface area contributed by atoms with E-state index in [1.54, 1.807) is 53.5 Å². The van der Waals surface area contributed by atoms with Crippen LogP contribution in [0, 0.1) is 13.8 Å². The molecule has 2 amide bonds. The van der Waals surface area contributed by atoms with Gasteiger partial charge in [-0.05, 0) is 86.1 Å². The number of hydrazine groups is 1. The quantitative estimate of drug-likeness (QED) is 0.304. The lowest BCUT2D eigenvalue weighted by Crippen LogP contribution is -2.44. The molecule has 4 aromatic rings. The Morgan fingerprint density at radius 3 is 1.82 bits per heavy atom. The third kappa shape index (κ3) is 4.61.